The molecule has 0 bridgehead atoms. The van der Waals surface area contributed by atoms with E-state index in [1.165, 1.54) is 6.07 Å². The van der Waals surface area contributed by atoms with Crippen LogP contribution in [0.1, 0.15) is 49.0 Å². The number of aliphatic hydroxyl groups is 1. The van der Waals surface area contributed by atoms with E-state index in [1.807, 2.05) is 13.8 Å². The van der Waals surface area contributed by atoms with E-state index in [2.05, 4.69) is 5.32 Å². The van der Waals surface area contributed by atoms with E-state index in [-0.39, 0.29) is 17.9 Å². The number of aliphatic hydroxyl groups excluding tert-OH is 1. The molecular weight excluding hydrogens is 222 g/mol. The first kappa shape index (κ1) is 13.7. The van der Waals surface area contributed by atoms with E-state index in [1.54, 1.807) is 6.07 Å². The van der Waals surface area contributed by atoms with Gasteiger partial charge >= 0.3 is 5.97 Å². The summed E-state index contributed by atoms with van der Waals surface area (Å²) in [5.41, 5.74) is 0. The minimum Gasteiger partial charge on any atom is -0.475 e. The molecule has 5 heteroatoms. The molecule has 0 fully saturated rings. The van der Waals surface area contributed by atoms with E-state index < -0.39 is 5.97 Å². The molecule has 0 aromatic carbocycles. The maximum absolute atomic E-state index is 10.6. The average Bonchev–Trinajstić information content (AvgIpc) is 2.75. The lowest BCUT2D eigenvalue weighted by atomic mass is 10.2. The summed E-state index contributed by atoms with van der Waals surface area (Å²) in [5.74, 6) is -0.580. The Hall–Kier alpha value is -1.33. The van der Waals surface area contributed by atoms with Crippen molar-refractivity contribution in [2.45, 2.75) is 38.8 Å². The molecule has 5 nitrogen and oxygen atoms in total. The number of hydrogen-bond acceptors (Lipinski definition) is 4. The van der Waals surface area contributed by atoms with Gasteiger partial charge in [-0.25, -0.2) is 4.79 Å². The topological polar surface area (TPSA) is 82.7 Å². The predicted octanol–water partition coefficient (Wildman–Crippen LogP) is 1.79. The Morgan fingerprint density at radius 2 is 2.24 bits per heavy atom. The molecule has 1 rings (SSSR count). The number of rotatable bonds is 7. The molecule has 2 atom stereocenters. The number of hydrogen-bond donors (Lipinski definition) is 3. The van der Waals surface area contributed by atoms with Gasteiger partial charge in [-0.15, -0.1) is 0 Å². The summed E-state index contributed by atoms with van der Waals surface area (Å²) in [6.07, 6.45) is 1.30. The first-order valence-electron chi connectivity index (χ1n) is 5.79. The number of furan rings is 1. The summed E-state index contributed by atoms with van der Waals surface area (Å²) in [5, 5.41) is 21.4. The Bertz CT molecular complexity index is 361. The number of carboxylic acid groups (broad SMARTS) is 1. The van der Waals surface area contributed by atoms with Crippen LogP contribution in [-0.2, 0) is 0 Å². The van der Waals surface area contributed by atoms with Gasteiger partial charge in [-0.05, 0) is 25.5 Å². The molecular formula is C12H19NO4. The van der Waals surface area contributed by atoms with Crippen LogP contribution < -0.4 is 5.32 Å². The van der Waals surface area contributed by atoms with Crippen molar-refractivity contribution in [1.29, 1.82) is 0 Å². The second kappa shape index (κ2) is 6.42. The molecule has 17 heavy (non-hydrogen) atoms. The smallest absolute Gasteiger partial charge is 0.371 e. The molecule has 3 N–H and O–H groups in total. The van der Waals surface area contributed by atoms with Gasteiger partial charge in [-0.2, -0.15) is 0 Å². The van der Waals surface area contributed by atoms with Crippen molar-refractivity contribution in [3.8, 4) is 0 Å². The lowest BCUT2D eigenvalue weighted by Crippen LogP contribution is -2.28. The van der Waals surface area contributed by atoms with Gasteiger partial charge in [0.05, 0.1) is 12.1 Å². The van der Waals surface area contributed by atoms with Crippen LogP contribution in [0.2, 0.25) is 0 Å². The minimum absolute atomic E-state index is 0.0669. The lowest BCUT2D eigenvalue weighted by Gasteiger charge is -2.14. The summed E-state index contributed by atoms with van der Waals surface area (Å²) < 4.78 is 5.16. The maximum atomic E-state index is 10.6. The zero-order valence-corrected chi connectivity index (χ0v) is 10.1. The average molecular weight is 241 g/mol. The van der Waals surface area contributed by atoms with Crippen molar-refractivity contribution in [1.82, 2.24) is 5.32 Å². The number of carboxylic acids is 1. The quantitative estimate of drug-likeness (QED) is 0.678. The van der Waals surface area contributed by atoms with Crippen molar-refractivity contribution >= 4 is 5.97 Å². The van der Waals surface area contributed by atoms with Gasteiger partial charge < -0.3 is 19.9 Å². The van der Waals surface area contributed by atoms with E-state index >= 15 is 0 Å². The molecule has 0 aliphatic carbocycles. The summed E-state index contributed by atoms with van der Waals surface area (Å²) in [4.78, 5) is 10.6. The van der Waals surface area contributed by atoms with Crippen LogP contribution >= 0.6 is 0 Å². The summed E-state index contributed by atoms with van der Waals surface area (Å²) in [6, 6.07) is 2.95. The molecule has 0 saturated carbocycles. The van der Waals surface area contributed by atoms with Gasteiger partial charge in [-0.1, -0.05) is 13.3 Å². The van der Waals surface area contributed by atoms with E-state index in [0.29, 0.717) is 12.3 Å². The zero-order valence-electron chi connectivity index (χ0n) is 10.1. The van der Waals surface area contributed by atoms with E-state index in [9.17, 15) is 9.90 Å². The molecule has 0 aliphatic heterocycles. The van der Waals surface area contributed by atoms with Crippen LogP contribution in [0.15, 0.2) is 16.5 Å². The highest BCUT2D eigenvalue weighted by Crippen LogP contribution is 2.16. The summed E-state index contributed by atoms with van der Waals surface area (Å²) >= 11 is 0. The van der Waals surface area contributed by atoms with Crippen LogP contribution in [0.5, 0.6) is 0 Å². The van der Waals surface area contributed by atoms with Crippen molar-refractivity contribution < 1.29 is 19.4 Å². The van der Waals surface area contributed by atoms with Crippen molar-refractivity contribution in [2.24, 2.45) is 0 Å². The van der Waals surface area contributed by atoms with Crippen LogP contribution in [0.25, 0.3) is 0 Å². The first-order chi connectivity index (χ1) is 8.04. The Kier molecular flexibility index (Phi) is 5.18. The summed E-state index contributed by atoms with van der Waals surface area (Å²) in [7, 11) is 0. The highest BCUT2D eigenvalue weighted by atomic mass is 16.4. The van der Waals surface area contributed by atoms with Gasteiger partial charge in [-0.3, -0.25) is 0 Å². The lowest BCUT2D eigenvalue weighted by molar-refractivity contribution is 0.0659. The van der Waals surface area contributed by atoms with Crippen molar-refractivity contribution in [2.75, 3.05) is 6.54 Å². The SMILES string of the molecule is CCCC(O)CNC(C)c1ccc(C(=O)O)o1. The second-order valence-electron chi connectivity index (χ2n) is 4.08. The fraction of sp³-hybridized carbons (Fsp3) is 0.583. The molecule has 0 aliphatic rings. The number of nitrogens with one attached hydrogen (secondary N) is 1. The molecule has 1 aromatic rings. The van der Waals surface area contributed by atoms with Gasteiger partial charge in [0.15, 0.2) is 0 Å². The largest absolute Gasteiger partial charge is 0.475 e. The van der Waals surface area contributed by atoms with Crippen LogP contribution in [0, 0.1) is 0 Å². The zero-order chi connectivity index (χ0) is 12.8. The van der Waals surface area contributed by atoms with Gasteiger partial charge in [0.1, 0.15) is 5.76 Å². The number of aromatic carboxylic acids is 1. The van der Waals surface area contributed by atoms with E-state index in [4.69, 9.17) is 9.52 Å². The standard InChI is InChI=1S/C12H19NO4/c1-3-4-9(14)7-13-8(2)10-5-6-11(17-10)12(15)16/h5-6,8-9,13-14H,3-4,7H2,1-2H3,(H,15,16). The third-order valence-corrected chi connectivity index (χ3v) is 2.55. The Morgan fingerprint density at radius 3 is 2.76 bits per heavy atom. The fourth-order valence-electron chi connectivity index (χ4n) is 1.55. The van der Waals surface area contributed by atoms with Crippen molar-refractivity contribution in [3.63, 3.8) is 0 Å². The third kappa shape index (κ3) is 4.20. The molecule has 0 saturated heterocycles. The van der Waals surface area contributed by atoms with Gasteiger partial charge in [0.2, 0.25) is 5.76 Å². The first-order valence-corrected chi connectivity index (χ1v) is 5.79. The van der Waals surface area contributed by atoms with Crippen molar-refractivity contribution in [3.05, 3.63) is 23.7 Å². The molecule has 1 aromatic heterocycles. The molecule has 0 radical (unpaired) electrons. The van der Waals surface area contributed by atoms with Gasteiger partial charge in [0, 0.05) is 6.54 Å². The second-order valence-corrected chi connectivity index (χ2v) is 4.08. The van der Waals surface area contributed by atoms with Crippen LogP contribution in [-0.4, -0.2) is 28.8 Å². The monoisotopic (exact) mass is 241 g/mol. The van der Waals surface area contributed by atoms with Crippen LogP contribution in [0.3, 0.4) is 0 Å². The molecule has 96 valence electrons. The van der Waals surface area contributed by atoms with E-state index in [0.717, 1.165) is 12.8 Å². The molecule has 0 spiro atoms. The Labute approximate surface area is 100 Å². The normalized spacial score (nSPS) is 14.5. The Morgan fingerprint density at radius 1 is 1.53 bits per heavy atom. The Balaban J connectivity index is 2.46. The number of carbonyl (C=O) groups is 1. The third-order valence-electron chi connectivity index (χ3n) is 2.55. The fourth-order valence-corrected chi connectivity index (χ4v) is 1.55. The molecule has 2 unspecified atom stereocenters. The summed E-state index contributed by atoms with van der Waals surface area (Å²) in [6.45, 7) is 4.35. The van der Waals surface area contributed by atoms with Crippen LogP contribution in [0.4, 0.5) is 0 Å². The minimum atomic E-state index is -1.07. The highest BCUT2D eigenvalue weighted by Gasteiger charge is 2.14. The predicted molar refractivity (Wildman–Crippen MR) is 63.0 cm³/mol. The maximum Gasteiger partial charge on any atom is 0.371 e. The highest BCUT2D eigenvalue weighted by molar-refractivity contribution is 5.84. The van der Waals surface area contributed by atoms with Gasteiger partial charge in [0.25, 0.3) is 0 Å². The molecule has 0 amide bonds. The molecule has 1 heterocycles.